The van der Waals surface area contributed by atoms with E-state index < -0.39 is 6.04 Å². The molecule has 1 aromatic heterocycles. The molecule has 37 heavy (non-hydrogen) atoms. The number of likely N-dealkylation sites (N-methyl/N-ethyl adjacent to an activating group) is 1. The number of carbonyl (C=O) groups excluding carboxylic acids is 2. The van der Waals surface area contributed by atoms with Crippen molar-refractivity contribution in [1.29, 1.82) is 5.26 Å². The Morgan fingerprint density at radius 1 is 1.08 bits per heavy atom. The van der Waals surface area contributed by atoms with E-state index in [1.54, 1.807) is 23.5 Å². The van der Waals surface area contributed by atoms with Crippen molar-refractivity contribution in [3.05, 3.63) is 70.1 Å². The molecule has 1 unspecified atom stereocenters. The SMILES string of the molecule is Cc1cc(C)cc(CC(NC(=O)c2ccc(-c3csc(N4CCN(C)CC4)n3)cc2)C(=O)NCC#N)c1. The van der Waals surface area contributed by atoms with Gasteiger partial charge in [0.05, 0.1) is 11.8 Å². The lowest BCUT2D eigenvalue weighted by molar-refractivity contribution is -0.122. The van der Waals surface area contributed by atoms with Crippen molar-refractivity contribution in [2.24, 2.45) is 0 Å². The van der Waals surface area contributed by atoms with Crippen molar-refractivity contribution < 1.29 is 9.59 Å². The molecule has 2 aromatic carbocycles. The van der Waals surface area contributed by atoms with Gasteiger partial charge in [0, 0.05) is 49.1 Å². The second kappa shape index (κ2) is 12.0. The number of nitrogens with zero attached hydrogens (tertiary/aromatic N) is 4. The number of piperazine rings is 1. The predicted molar refractivity (Wildman–Crippen MR) is 147 cm³/mol. The van der Waals surface area contributed by atoms with Crippen molar-refractivity contribution in [1.82, 2.24) is 20.5 Å². The number of hydrogen-bond donors (Lipinski definition) is 2. The van der Waals surface area contributed by atoms with Crippen molar-refractivity contribution >= 4 is 28.3 Å². The Hall–Kier alpha value is -3.74. The van der Waals surface area contributed by atoms with Crippen molar-refractivity contribution in [3.8, 4) is 17.3 Å². The largest absolute Gasteiger partial charge is 0.346 e. The summed E-state index contributed by atoms with van der Waals surface area (Å²) in [5.41, 5.74) is 5.40. The summed E-state index contributed by atoms with van der Waals surface area (Å²) in [4.78, 5) is 35.2. The maximum Gasteiger partial charge on any atom is 0.251 e. The van der Waals surface area contributed by atoms with E-state index in [0.29, 0.717) is 12.0 Å². The molecular formula is C28H32N6O2S. The lowest BCUT2D eigenvalue weighted by Gasteiger charge is -2.32. The van der Waals surface area contributed by atoms with E-state index >= 15 is 0 Å². The first-order chi connectivity index (χ1) is 17.8. The third kappa shape index (κ3) is 6.94. The first-order valence-corrected chi connectivity index (χ1v) is 13.2. The predicted octanol–water partition coefficient (Wildman–Crippen LogP) is 3.16. The highest BCUT2D eigenvalue weighted by Gasteiger charge is 2.22. The Morgan fingerprint density at radius 3 is 2.41 bits per heavy atom. The minimum atomic E-state index is -0.800. The minimum Gasteiger partial charge on any atom is -0.346 e. The van der Waals surface area contributed by atoms with E-state index in [0.717, 1.165) is 59.3 Å². The van der Waals surface area contributed by atoms with Crippen LogP contribution in [0.1, 0.15) is 27.0 Å². The lowest BCUT2D eigenvalue weighted by atomic mass is 10.00. The van der Waals surface area contributed by atoms with Crippen molar-refractivity contribution in [2.75, 3.05) is 44.7 Å². The number of aromatic nitrogens is 1. The summed E-state index contributed by atoms with van der Waals surface area (Å²) in [6.45, 7) is 7.86. The fourth-order valence-corrected chi connectivity index (χ4v) is 5.34. The maximum absolute atomic E-state index is 13.1. The van der Waals surface area contributed by atoms with E-state index in [9.17, 15) is 9.59 Å². The van der Waals surface area contributed by atoms with Crippen LogP contribution in [0.5, 0.6) is 0 Å². The quantitative estimate of drug-likeness (QED) is 0.446. The van der Waals surface area contributed by atoms with Gasteiger partial charge in [0.2, 0.25) is 5.91 Å². The topological polar surface area (TPSA) is 101 Å². The molecule has 1 atom stereocenters. The molecule has 9 heteroatoms. The van der Waals surface area contributed by atoms with Gasteiger partial charge in [-0.2, -0.15) is 5.26 Å². The van der Waals surface area contributed by atoms with Gasteiger partial charge >= 0.3 is 0 Å². The van der Waals surface area contributed by atoms with E-state index in [1.807, 2.05) is 49.6 Å². The third-order valence-electron chi connectivity index (χ3n) is 6.39. The Bertz CT molecular complexity index is 1270. The zero-order valence-corrected chi connectivity index (χ0v) is 22.3. The summed E-state index contributed by atoms with van der Waals surface area (Å²) in [5.74, 6) is -0.728. The molecule has 4 rings (SSSR count). The number of nitrogens with one attached hydrogen (secondary N) is 2. The number of carbonyl (C=O) groups is 2. The summed E-state index contributed by atoms with van der Waals surface area (Å²) >= 11 is 1.63. The zero-order valence-electron chi connectivity index (χ0n) is 21.5. The number of rotatable bonds is 8. The summed E-state index contributed by atoms with van der Waals surface area (Å²) in [6.07, 6.45) is 0.331. The average Bonchev–Trinajstić information content (AvgIpc) is 3.37. The van der Waals surface area contributed by atoms with Crippen LogP contribution in [0.25, 0.3) is 11.3 Å². The molecule has 2 amide bonds. The zero-order chi connectivity index (χ0) is 26.4. The second-order valence-electron chi connectivity index (χ2n) is 9.49. The molecular weight excluding hydrogens is 484 g/mol. The standard InChI is InChI=1S/C28H32N6O2S/c1-19-14-20(2)16-21(15-19)17-24(27(36)30-9-8-29)31-26(35)23-6-4-22(5-7-23)25-18-37-28(32-25)34-12-10-33(3)11-13-34/h4-7,14-16,18,24H,9-13,17H2,1-3H3,(H,30,36)(H,31,35). The van der Waals surface area contributed by atoms with Crippen LogP contribution in [0.4, 0.5) is 5.13 Å². The molecule has 8 nitrogen and oxygen atoms in total. The van der Waals surface area contributed by atoms with Crippen LogP contribution in [0, 0.1) is 25.2 Å². The van der Waals surface area contributed by atoms with Crippen LogP contribution in [0.2, 0.25) is 0 Å². The van der Waals surface area contributed by atoms with Crippen molar-refractivity contribution in [2.45, 2.75) is 26.3 Å². The first kappa shape index (κ1) is 26.3. The number of benzene rings is 2. The molecule has 1 fully saturated rings. The molecule has 1 aliphatic rings. The van der Waals surface area contributed by atoms with Gasteiger partial charge in [-0.15, -0.1) is 11.3 Å². The Kier molecular flexibility index (Phi) is 8.54. The summed E-state index contributed by atoms with van der Waals surface area (Å²) < 4.78 is 0. The number of aryl methyl sites for hydroxylation is 2. The van der Waals surface area contributed by atoms with Gasteiger partial charge in [-0.3, -0.25) is 9.59 Å². The van der Waals surface area contributed by atoms with Gasteiger partial charge in [0.15, 0.2) is 5.13 Å². The number of hydrogen-bond acceptors (Lipinski definition) is 7. The van der Waals surface area contributed by atoms with Crippen LogP contribution in [0.15, 0.2) is 47.8 Å². The van der Waals surface area contributed by atoms with Crippen LogP contribution >= 0.6 is 11.3 Å². The van der Waals surface area contributed by atoms with E-state index in [1.165, 1.54) is 0 Å². The lowest BCUT2D eigenvalue weighted by Crippen LogP contribution is -2.48. The monoisotopic (exact) mass is 516 g/mol. The van der Waals surface area contributed by atoms with Gasteiger partial charge in [-0.1, -0.05) is 41.5 Å². The minimum absolute atomic E-state index is 0.115. The molecule has 0 aliphatic carbocycles. The van der Waals surface area contributed by atoms with Crippen LogP contribution in [-0.2, 0) is 11.2 Å². The first-order valence-electron chi connectivity index (χ1n) is 12.3. The number of anilines is 1. The summed E-state index contributed by atoms with van der Waals surface area (Å²) in [7, 11) is 2.13. The van der Waals surface area contributed by atoms with Crippen LogP contribution in [0.3, 0.4) is 0 Å². The van der Waals surface area contributed by atoms with Gasteiger partial charge < -0.3 is 20.4 Å². The third-order valence-corrected chi connectivity index (χ3v) is 7.29. The Labute approximate surface area is 221 Å². The molecule has 0 spiro atoms. The van der Waals surface area contributed by atoms with Crippen LogP contribution in [-0.4, -0.2) is 67.5 Å². The highest BCUT2D eigenvalue weighted by molar-refractivity contribution is 7.14. The maximum atomic E-state index is 13.1. The van der Waals surface area contributed by atoms with Crippen molar-refractivity contribution in [3.63, 3.8) is 0 Å². The molecule has 1 saturated heterocycles. The molecule has 2 N–H and O–H groups in total. The summed E-state index contributed by atoms with van der Waals surface area (Å²) in [6, 6.07) is 14.4. The van der Waals surface area contributed by atoms with Gasteiger partial charge in [0.25, 0.3) is 5.91 Å². The van der Waals surface area contributed by atoms with E-state index in [-0.39, 0.29) is 18.4 Å². The second-order valence-corrected chi connectivity index (χ2v) is 10.3. The highest BCUT2D eigenvalue weighted by Crippen LogP contribution is 2.28. The summed E-state index contributed by atoms with van der Waals surface area (Å²) in [5, 5.41) is 17.4. The molecule has 192 valence electrons. The fourth-order valence-electron chi connectivity index (χ4n) is 4.46. The van der Waals surface area contributed by atoms with Gasteiger partial charge in [-0.25, -0.2) is 4.98 Å². The number of thiazole rings is 1. The Balaban J connectivity index is 1.45. The normalized spacial score (nSPS) is 14.6. The van der Waals surface area contributed by atoms with E-state index in [2.05, 4.69) is 33.5 Å². The molecule has 0 bridgehead atoms. The molecule has 3 aromatic rings. The number of amides is 2. The average molecular weight is 517 g/mol. The molecule has 0 radical (unpaired) electrons. The Morgan fingerprint density at radius 2 is 1.76 bits per heavy atom. The van der Waals surface area contributed by atoms with E-state index in [4.69, 9.17) is 10.2 Å². The highest BCUT2D eigenvalue weighted by atomic mass is 32.1. The smallest absolute Gasteiger partial charge is 0.251 e. The fraction of sp³-hybridized carbons (Fsp3) is 0.357. The van der Waals surface area contributed by atoms with Crippen LogP contribution < -0.4 is 15.5 Å². The molecule has 0 saturated carbocycles. The number of nitriles is 1. The molecule has 2 heterocycles. The van der Waals surface area contributed by atoms with Gasteiger partial charge in [0.1, 0.15) is 12.6 Å². The van der Waals surface area contributed by atoms with Gasteiger partial charge in [-0.05, 0) is 38.6 Å². The molecule has 1 aliphatic heterocycles.